The fraction of sp³-hybridized carbons (Fsp3) is 0.0556. The van der Waals surface area contributed by atoms with Crippen molar-refractivity contribution >= 4 is 23.2 Å². The van der Waals surface area contributed by atoms with Gasteiger partial charge in [0.1, 0.15) is 5.75 Å². The zero-order valence-corrected chi connectivity index (χ0v) is 14.0. The van der Waals surface area contributed by atoms with Crippen LogP contribution in [0, 0.1) is 0 Å². The van der Waals surface area contributed by atoms with E-state index >= 15 is 0 Å². The average molecular weight is 356 g/mol. The van der Waals surface area contributed by atoms with Gasteiger partial charge in [-0.25, -0.2) is 4.68 Å². The van der Waals surface area contributed by atoms with Gasteiger partial charge in [0.25, 0.3) is 5.91 Å². The number of para-hydroxylation sites is 1. The minimum Gasteiger partial charge on any atom is -0.497 e. The Morgan fingerprint density at radius 1 is 1.12 bits per heavy atom. The van der Waals surface area contributed by atoms with E-state index in [-0.39, 0.29) is 5.69 Å². The third kappa shape index (κ3) is 3.70. The topological polar surface area (TPSA) is 73.2 Å². The van der Waals surface area contributed by atoms with E-state index in [1.165, 1.54) is 16.9 Å². The van der Waals surface area contributed by atoms with Crippen LogP contribution >= 0.6 is 11.6 Å². The van der Waals surface area contributed by atoms with Gasteiger partial charge in [0, 0.05) is 12.3 Å². The molecule has 1 N–H and O–H groups in total. The molecule has 6 nitrogen and oxygen atoms in total. The van der Waals surface area contributed by atoms with Crippen LogP contribution in [0.4, 0.5) is 5.69 Å². The summed E-state index contributed by atoms with van der Waals surface area (Å²) in [5, 5.41) is 7.11. The first-order valence-electron chi connectivity index (χ1n) is 7.39. The first kappa shape index (κ1) is 16.7. The molecule has 3 aromatic rings. The maximum Gasteiger partial charge on any atom is 0.280 e. The highest BCUT2D eigenvalue weighted by atomic mass is 35.5. The molecule has 1 amide bonds. The summed E-state index contributed by atoms with van der Waals surface area (Å²) in [4.78, 5) is 24.4. The lowest BCUT2D eigenvalue weighted by Crippen LogP contribution is -2.25. The molecule has 0 bridgehead atoms. The number of benzene rings is 2. The van der Waals surface area contributed by atoms with E-state index in [0.717, 1.165) is 0 Å². The van der Waals surface area contributed by atoms with E-state index in [0.29, 0.717) is 22.1 Å². The summed E-state index contributed by atoms with van der Waals surface area (Å²) < 4.78 is 6.55. The number of ether oxygens (including phenoxy) is 1. The van der Waals surface area contributed by atoms with Gasteiger partial charge in [-0.05, 0) is 36.4 Å². The zero-order chi connectivity index (χ0) is 17.8. The van der Waals surface area contributed by atoms with Crippen LogP contribution in [0.5, 0.6) is 5.75 Å². The normalized spacial score (nSPS) is 10.3. The van der Waals surface area contributed by atoms with Gasteiger partial charge in [0.15, 0.2) is 5.69 Å². The number of carbonyl (C=O) groups is 1. The number of nitrogens with zero attached hydrogens (tertiary/aromatic N) is 2. The van der Waals surface area contributed by atoms with Crippen LogP contribution in [0.3, 0.4) is 0 Å². The molecule has 0 spiro atoms. The summed E-state index contributed by atoms with van der Waals surface area (Å²) >= 11 is 6.02. The summed E-state index contributed by atoms with van der Waals surface area (Å²) in [6.45, 7) is 0. The summed E-state index contributed by atoms with van der Waals surface area (Å²) in [5.74, 6) is 0.0717. The number of aromatic nitrogens is 2. The van der Waals surface area contributed by atoms with Gasteiger partial charge in [-0.2, -0.15) is 5.10 Å². The minimum atomic E-state index is -0.624. The van der Waals surface area contributed by atoms with Gasteiger partial charge >= 0.3 is 0 Å². The molecular formula is C18H14ClN3O3. The number of amides is 1. The molecule has 2 aromatic carbocycles. The van der Waals surface area contributed by atoms with Gasteiger partial charge in [0.2, 0.25) is 5.43 Å². The molecule has 0 aliphatic heterocycles. The Morgan fingerprint density at radius 2 is 1.84 bits per heavy atom. The Labute approximate surface area is 148 Å². The number of carbonyl (C=O) groups excluding carboxylic acids is 1. The van der Waals surface area contributed by atoms with E-state index in [2.05, 4.69) is 10.4 Å². The number of nitrogens with one attached hydrogen (secondary N) is 1. The molecule has 0 saturated heterocycles. The van der Waals surface area contributed by atoms with Crippen molar-refractivity contribution in [2.75, 3.05) is 12.4 Å². The van der Waals surface area contributed by atoms with Crippen molar-refractivity contribution in [1.29, 1.82) is 0 Å². The molecule has 0 saturated carbocycles. The highest BCUT2D eigenvalue weighted by Gasteiger charge is 2.15. The zero-order valence-electron chi connectivity index (χ0n) is 13.3. The van der Waals surface area contributed by atoms with Crippen LogP contribution in [0.15, 0.2) is 65.6 Å². The van der Waals surface area contributed by atoms with Crippen LogP contribution in [-0.4, -0.2) is 22.8 Å². The van der Waals surface area contributed by atoms with Crippen LogP contribution in [0.1, 0.15) is 10.5 Å². The molecule has 3 rings (SSSR count). The van der Waals surface area contributed by atoms with Crippen molar-refractivity contribution < 1.29 is 9.53 Å². The second-order valence-corrected chi connectivity index (χ2v) is 5.51. The van der Waals surface area contributed by atoms with E-state index in [1.54, 1.807) is 55.6 Å². The molecule has 25 heavy (non-hydrogen) atoms. The predicted octanol–water partition coefficient (Wildman–Crippen LogP) is 3.15. The molecule has 7 heteroatoms. The maximum atomic E-state index is 12.4. The van der Waals surface area contributed by atoms with Crippen LogP contribution in [0.25, 0.3) is 5.69 Å². The Bertz CT molecular complexity index is 968. The minimum absolute atomic E-state index is 0.224. The van der Waals surface area contributed by atoms with Crippen molar-refractivity contribution in [1.82, 2.24) is 9.78 Å². The highest BCUT2D eigenvalue weighted by Crippen LogP contribution is 2.20. The first-order chi connectivity index (χ1) is 12.1. The molecule has 0 fully saturated rings. The van der Waals surface area contributed by atoms with Crippen molar-refractivity contribution in [3.05, 3.63) is 81.7 Å². The van der Waals surface area contributed by atoms with Gasteiger partial charge in [-0.1, -0.05) is 23.7 Å². The van der Waals surface area contributed by atoms with Crippen molar-refractivity contribution in [3.8, 4) is 11.4 Å². The number of rotatable bonds is 4. The summed E-state index contributed by atoms with van der Waals surface area (Å²) in [7, 11) is 1.57. The molecule has 1 heterocycles. The number of methoxy groups -OCH3 is 1. The van der Waals surface area contributed by atoms with Crippen molar-refractivity contribution in [3.63, 3.8) is 0 Å². The van der Waals surface area contributed by atoms with Gasteiger partial charge in [0.05, 0.1) is 23.5 Å². The Morgan fingerprint density at radius 3 is 2.52 bits per heavy atom. The lowest BCUT2D eigenvalue weighted by molar-refractivity contribution is 0.101. The third-order valence-corrected chi connectivity index (χ3v) is 3.81. The Kier molecular flexibility index (Phi) is 4.81. The monoisotopic (exact) mass is 355 g/mol. The predicted molar refractivity (Wildman–Crippen MR) is 95.8 cm³/mol. The Balaban J connectivity index is 1.92. The highest BCUT2D eigenvalue weighted by molar-refractivity contribution is 6.33. The molecule has 0 atom stereocenters. The molecule has 126 valence electrons. The van der Waals surface area contributed by atoms with Gasteiger partial charge < -0.3 is 10.1 Å². The first-order valence-corrected chi connectivity index (χ1v) is 7.76. The lowest BCUT2D eigenvalue weighted by Gasteiger charge is -2.09. The molecule has 0 radical (unpaired) electrons. The number of anilines is 1. The summed E-state index contributed by atoms with van der Waals surface area (Å²) in [5.41, 5.74) is 0.398. The second-order valence-electron chi connectivity index (χ2n) is 5.11. The quantitative estimate of drug-likeness (QED) is 0.780. The molecule has 1 aromatic heterocycles. The molecule has 0 unspecified atom stereocenters. The Hall–Kier alpha value is -3.12. The largest absolute Gasteiger partial charge is 0.497 e. The number of halogens is 1. The standard InChI is InChI=1S/C18H14ClN3O3/c1-25-13-8-6-12(7-9-13)22-11-10-16(23)17(21-22)18(24)20-15-5-3-2-4-14(15)19/h2-11H,1H3,(H,20,24). The van der Waals surface area contributed by atoms with Crippen LogP contribution < -0.4 is 15.5 Å². The molecule has 0 aliphatic rings. The van der Waals surface area contributed by atoms with Crippen molar-refractivity contribution in [2.24, 2.45) is 0 Å². The maximum absolute atomic E-state index is 12.4. The van der Waals surface area contributed by atoms with E-state index in [1.807, 2.05) is 0 Å². The number of hydrogen-bond acceptors (Lipinski definition) is 4. The fourth-order valence-electron chi connectivity index (χ4n) is 2.19. The average Bonchev–Trinajstić information content (AvgIpc) is 2.64. The van der Waals surface area contributed by atoms with Gasteiger partial charge in [-0.3, -0.25) is 9.59 Å². The summed E-state index contributed by atoms with van der Waals surface area (Å²) in [6.07, 6.45) is 1.50. The molecule has 0 aliphatic carbocycles. The summed E-state index contributed by atoms with van der Waals surface area (Å²) in [6, 6.07) is 15.1. The number of hydrogen-bond donors (Lipinski definition) is 1. The van der Waals surface area contributed by atoms with E-state index in [4.69, 9.17) is 16.3 Å². The SMILES string of the molecule is COc1ccc(-n2ccc(=O)c(C(=O)Nc3ccccc3Cl)n2)cc1. The van der Waals surface area contributed by atoms with Crippen molar-refractivity contribution in [2.45, 2.75) is 0 Å². The van der Waals surface area contributed by atoms with Gasteiger partial charge in [-0.15, -0.1) is 0 Å². The third-order valence-electron chi connectivity index (χ3n) is 3.48. The second kappa shape index (κ2) is 7.19. The van der Waals surface area contributed by atoms with Crippen LogP contribution in [-0.2, 0) is 0 Å². The smallest absolute Gasteiger partial charge is 0.280 e. The van der Waals surface area contributed by atoms with E-state index in [9.17, 15) is 9.59 Å². The molecular weight excluding hydrogens is 342 g/mol. The lowest BCUT2D eigenvalue weighted by atomic mass is 10.3. The van der Waals surface area contributed by atoms with E-state index < -0.39 is 11.3 Å². The van der Waals surface area contributed by atoms with Crippen LogP contribution in [0.2, 0.25) is 5.02 Å². The fourth-order valence-corrected chi connectivity index (χ4v) is 2.37.